The zero-order valence-corrected chi connectivity index (χ0v) is 9.70. The molecule has 0 spiro atoms. The van der Waals surface area contributed by atoms with Gasteiger partial charge in [-0.05, 0) is 12.2 Å². The summed E-state index contributed by atoms with van der Waals surface area (Å²) in [6, 6.07) is 0.542. The molecule has 4 nitrogen and oxygen atoms in total. The summed E-state index contributed by atoms with van der Waals surface area (Å²) in [5.41, 5.74) is 0. The largest absolute Gasteiger partial charge is 0.479 e. The second-order valence-electron chi connectivity index (χ2n) is 4.12. The molecule has 0 amide bonds. The number of rotatable bonds is 2. The van der Waals surface area contributed by atoms with Crippen LogP contribution in [0.2, 0.25) is 0 Å². The van der Waals surface area contributed by atoms with E-state index in [1.807, 2.05) is 11.8 Å². The third-order valence-corrected chi connectivity index (χ3v) is 4.49. The lowest BCUT2D eigenvalue weighted by molar-refractivity contribution is -0.157. The number of carbonyl (C=O) groups is 1. The van der Waals surface area contributed by atoms with E-state index >= 15 is 0 Å². The first kappa shape index (κ1) is 11.2. The minimum absolute atomic E-state index is 0.542. The number of hydrogen-bond donors (Lipinski definition) is 1. The van der Waals surface area contributed by atoms with Crippen LogP contribution in [0, 0.1) is 0 Å². The molecule has 0 aromatic carbocycles. The van der Waals surface area contributed by atoms with E-state index in [1.165, 1.54) is 12.2 Å². The van der Waals surface area contributed by atoms with Crippen molar-refractivity contribution < 1.29 is 14.6 Å². The number of hydrogen-bond acceptors (Lipinski definition) is 4. The Balaban J connectivity index is 1.94. The average molecular weight is 231 g/mol. The van der Waals surface area contributed by atoms with Gasteiger partial charge in [0.25, 0.3) is 0 Å². The van der Waals surface area contributed by atoms with Crippen molar-refractivity contribution in [2.75, 3.05) is 25.4 Å². The second kappa shape index (κ2) is 4.72. The van der Waals surface area contributed by atoms with E-state index in [2.05, 4.69) is 11.8 Å². The zero-order valence-electron chi connectivity index (χ0n) is 8.89. The Kier molecular flexibility index (Phi) is 3.53. The number of thioether (sulfide) groups is 1. The van der Waals surface area contributed by atoms with Crippen LogP contribution in [0.1, 0.15) is 13.3 Å². The molecule has 2 aliphatic rings. The number of nitrogens with zero attached hydrogens (tertiary/aromatic N) is 1. The van der Waals surface area contributed by atoms with Gasteiger partial charge < -0.3 is 9.84 Å². The maximum atomic E-state index is 10.8. The lowest BCUT2D eigenvalue weighted by atomic mass is 10.1. The maximum absolute atomic E-state index is 10.8. The number of carboxylic acids is 1. The van der Waals surface area contributed by atoms with Crippen LogP contribution in [-0.2, 0) is 9.53 Å². The SMILES string of the molecule is CC1SCCC1N1CCOC(C(=O)O)C1. The molecular formula is C10H17NO3S. The average Bonchev–Trinajstić information content (AvgIpc) is 2.64. The van der Waals surface area contributed by atoms with Crippen LogP contribution in [0.15, 0.2) is 0 Å². The molecule has 2 heterocycles. The lowest BCUT2D eigenvalue weighted by Gasteiger charge is -2.36. The van der Waals surface area contributed by atoms with Crippen molar-refractivity contribution in [3.05, 3.63) is 0 Å². The monoisotopic (exact) mass is 231 g/mol. The molecule has 3 unspecified atom stereocenters. The van der Waals surface area contributed by atoms with E-state index in [4.69, 9.17) is 9.84 Å². The van der Waals surface area contributed by atoms with Crippen molar-refractivity contribution in [1.82, 2.24) is 4.90 Å². The summed E-state index contributed by atoms with van der Waals surface area (Å²) in [4.78, 5) is 13.1. The van der Waals surface area contributed by atoms with E-state index < -0.39 is 12.1 Å². The summed E-state index contributed by atoms with van der Waals surface area (Å²) in [6.07, 6.45) is 0.551. The summed E-state index contributed by atoms with van der Waals surface area (Å²) < 4.78 is 5.22. The molecule has 0 aliphatic carbocycles. The molecule has 0 bridgehead atoms. The van der Waals surface area contributed by atoms with Gasteiger partial charge in [0.15, 0.2) is 6.10 Å². The van der Waals surface area contributed by atoms with E-state index in [9.17, 15) is 4.79 Å². The van der Waals surface area contributed by atoms with Gasteiger partial charge in [0, 0.05) is 24.4 Å². The van der Waals surface area contributed by atoms with E-state index in [0.29, 0.717) is 24.4 Å². The Morgan fingerprint density at radius 2 is 2.40 bits per heavy atom. The fraction of sp³-hybridized carbons (Fsp3) is 0.900. The van der Waals surface area contributed by atoms with Gasteiger partial charge in [-0.1, -0.05) is 6.92 Å². The highest BCUT2D eigenvalue weighted by Crippen LogP contribution is 2.31. The van der Waals surface area contributed by atoms with E-state index in [0.717, 1.165) is 6.54 Å². The number of carboxylic acid groups (broad SMARTS) is 1. The normalized spacial score (nSPS) is 38.1. The Labute approximate surface area is 94.0 Å². The standard InChI is InChI=1S/C10H17NO3S/c1-7-8(2-5-15-7)11-3-4-14-9(6-11)10(12)13/h7-9H,2-6H2,1H3,(H,12,13). The topological polar surface area (TPSA) is 49.8 Å². The first-order chi connectivity index (χ1) is 7.18. The molecule has 2 saturated heterocycles. The molecule has 3 atom stereocenters. The molecule has 0 saturated carbocycles. The quantitative estimate of drug-likeness (QED) is 0.757. The molecule has 5 heteroatoms. The van der Waals surface area contributed by atoms with Gasteiger partial charge in [0.05, 0.1) is 6.61 Å². The van der Waals surface area contributed by atoms with Gasteiger partial charge >= 0.3 is 5.97 Å². The van der Waals surface area contributed by atoms with Crippen LogP contribution in [0.4, 0.5) is 0 Å². The predicted octanol–water partition coefficient (Wildman–Crippen LogP) is 0.666. The fourth-order valence-corrected chi connectivity index (χ4v) is 3.60. The third kappa shape index (κ3) is 2.46. The van der Waals surface area contributed by atoms with Crippen molar-refractivity contribution in [2.24, 2.45) is 0 Å². The molecule has 2 rings (SSSR count). The van der Waals surface area contributed by atoms with Crippen molar-refractivity contribution in [3.8, 4) is 0 Å². The van der Waals surface area contributed by atoms with Crippen LogP contribution in [0.5, 0.6) is 0 Å². The van der Waals surface area contributed by atoms with Gasteiger partial charge in [0.1, 0.15) is 0 Å². The van der Waals surface area contributed by atoms with E-state index in [-0.39, 0.29) is 0 Å². The van der Waals surface area contributed by atoms with Crippen molar-refractivity contribution >= 4 is 17.7 Å². The molecule has 1 N–H and O–H groups in total. The zero-order chi connectivity index (χ0) is 10.8. The van der Waals surface area contributed by atoms with Crippen LogP contribution in [-0.4, -0.2) is 58.8 Å². The number of ether oxygens (including phenoxy) is 1. The highest BCUT2D eigenvalue weighted by atomic mass is 32.2. The van der Waals surface area contributed by atoms with Gasteiger partial charge in [-0.15, -0.1) is 0 Å². The van der Waals surface area contributed by atoms with Crippen LogP contribution in [0.25, 0.3) is 0 Å². The summed E-state index contributed by atoms with van der Waals surface area (Å²) in [7, 11) is 0. The smallest absolute Gasteiger partial charge is 0.334 e. The predicted molar refractivity (Wildman–Crippen MR) is 59.3 cm³/mol. The van der Waals surface area contributed by atoms with Crippen LogP contribution < -0.4 is 0 Å². The Morgan fingerprint density at radius 1 is 1.60 bits per heavy atom. The minimum Gasteiger partial charge on any atom is -0.479 e. The summed E-state index contributed by atoms with van der Waals surface area (Å²) in [5, 5.41) is 9.53. The highest BCUT2D eigenvalue weighted by molar-refractivity contribution is 8.00. The molecule has 0 radical (unpaired) electrons. The molecule has 0 aromatic rings. The van der Waals surface area contributed by atoms with Crippen molar-refractivity contribution in [1.29, 1.82) is 0 Å². The lowest BCUT2D eigenvalue weighted by Crippen LogP contribution is -2.51. The van der Waals surface area contributed by atoms with Gasteiger partial charge in [-0.25, -0.2) is 4.79 Å². The molecule has 2 aliphatic heterocycles. The van der Waals surface area contributed by atoms with Crippen molar-refractivity contribution in [3.63, 3.8) is 0 Å². The summed E-state index contributed by atoms with van der Waals surface area (Å²) >= 11 is 1.98. The van der Waals surface area contributed by atoms with Gasteiger partial charge in [-0.3, -0.25) is 4.90 Å². The minimum atomic E-state index is -0.835. The number of aliphatic carboxylic acids is 1. The van der Waals surface area contributed by atoms with E-state index in [1.54, 1.807) is 0 Å². The first-order valence-corrected chi connectivity index (χ1v) is 6.43. The summed E-state index contributed by atoms with van der Waals surface area (Å²) in [5.74, 6) is 0.360. The third-order valence-electron chi connectivity index (χ3n) is 3.18. The van der Waals surface area contributed by atoms with Crippen molar-refractivity contribution in [2.45, 2.75) is 30.7 Å². The Hall–Kier alpha value is -0.260. The second-order valence-corrected chi connectivity index (χ2v) is 5.61. The fourth-order valence-electron chi connectivity index (χ4n) is 2.32. The van der Waals surface area contributed by atoms with Gasteiger partial charge in [-0.2, -0.15) is 11.8 Å². The van der Waals surface area contributed by atoms with Gasteiger partial charge in [0.2, 0.25) is 0 Å². The van der Waals surface area contributed by atoms with Crippen LogP contribution in [0.3, 0.4) is 0 Å². The maximum Gasteiger partial charge on any atom is 0.334 e. The highest BCUT2D eigenvalue weighted by Gasteiger charge is 2.35. The number of morpholine rings is 1. The molecule has 2 fully saturated rings. The molecule has 0 aromatic heterocycles. The Bertz CT molecular complexity index is 249. The summed E-state index contributed by atoms with van der Waals surface area (Å²) in [6.45, 7) is 4.20. The first-order valence-electron chi connectivity index (χ1n) is 5.38. The Morgan fingerprint density at radius 3 is 3.00 bits per heavy atom. The molecular weight excluding hydrogens is 214 g/mol. The molecule has 86 valence electrons. The molecule has 15 heavy (non-hydrogen) atoms. The van der Waals surface area contributed by atoms with Crippen LogP contribution >= 0.6 is 11.8 Å².